The predicted molar refractivity (Wildman–Crippen MR) is 130 cm³/mol. The molecule has 0 aliphatic carbocycles. The molecular formula is C21H19ClN3NaO6S3. The van der Waals surface area contributed by atoms with Gasteiger partial charge in [0, 0.05) is 23.7 Å². The molecular weight excluding hydrogens is 545 g/mol. The first-order valence-electron chi connectivity index (χ1n) is 9.97. The second-order valence-electron chi connectivity index (χ2n) is 7.15. The summed E-state index contributed by atoms with van der Waals surface area (Å²) in [6.45, 7) is 1.20. The van der Waals surface area contributed by atoms with Crippen molar-refractivity contribution >= 4 is 60.3 Å². The van der Waals surface area contributed by atoms with Gasteiger partial charge < -0.3 is 14.8 Å². The first-order chi connectivity index (χ1) is 16.2. The van der Waals surface area contributed by atoms with E-state index in [-0.39, 0.29) is 73.7 Å². The Labute approximate surface area is 234 Å². The van der Waals surface area contributed by atoms with Crippen molar-refractivity contribution in [3.05, 3.63) is 75.9 Å². The molecule has 14 heteroatoms. The number of morpholine rings is 1. The third-order valence-electron chi connectivity index (χ3n) is 4.89. The van der Waals surface area contributed by atoms with E-state index in [1.165, 1.54) is 52.8 Å². The van der Waals surface area contributed by atoms with Crippen LogP contribution in [-0.4, -0.2) is 53.4 Å². The van der Waals surface area contributed by atoms with E-state index >= 15 is 0 Å². The van der Waals surface area contributed by atoms with Crippen LogP contribution in [0.5, 0.6) is 0 Å². The summed E-state index contributed by atoms with van der Waals surface area (Å²) in [6, 6.07) is 12.8. The topological polar surface area (TPSA) is 124 Å². The molecule has 0 atom stereocenters. The van der Waals surface area contributed by atoms with Gasteiger partial charge in [0.05, 0.1) is 29.7 Å². The minimum atomic E-state index is -3.89. The Kier molecular flexibility index (Phi) is 9.40. The number of ether oxygens (including phenoxy) is 1. The number of benzene rings is 2. The molecule has 0 radical (unpaired) electrons. The van der Waals surface area contributed by atoms with Crippen molar-refractivity contribution in [1.29, 1.82) is 0 Å². The molecule has 0 spiro atoms. The van der Waals surface area contributed by atoms with E-state index < -0.39 is 26.0 Å². The molecule has 0 saturated carbocycles. The van der Waals surface area contributed by atoms with Gasteiger partial charge in [-0.2, -0.15) is 4.31 Å². The fraction of sp³-hybridized carbons (Fsp3) is 0.190. The Bertz CT molecular complexity index is 1390. The summed E-state index contributed by atoms with van der Waals surface area (Å²) >= 11 is 7.07. The summed E-state index contributed by atoms with van der Waals surface area (Å²) in [5, 5.41) is 5.85. The largest absolute Gasteiger partial charge is 1.00 e. The van der Waals surface area contributed by atoms with E-state index in [2.05, 4.69) is 10.0 Å². The number of carbonyl (C=O) groups is 1. The molecule has 1 amide bonds. The number of nitrogens with zero attached hydrogens (tertiary/aromatic N) is 2. The average molecular weight is 564 g/mol. The van der Waals surface area contributed by atoms with E-state index in [0.29, 0.717) is 13.2 Å². The van der Waals surface area contributed by atoms with Gasteiger partial charge in [-0.15, -0.1) is 17.0 Å². The van der Waals surface area contributed by atoms with Crippen LogP contribution in [0.25, 0.3) is 5.32 Å². The summed E-state index contributed by atoms with van der Waals surface area (Å²) in [4.78, 5) is 13.0. The summed E-state index contributed by atoms with van der Waals surface area (Å²) in [5.74, 6) is -0.741. The maximum atomic E-state index is 12.9. The molecule has 0 unspecified atom stereocenters. The average Bonchev–Trinajstić information content (AvgIpc) is 3.37. The van der Waals surface area contributed by atoms with E-state index in [4.69, 9.17) is 16.3 Å². The minimum absolute atomic E-state index is 0. The smallest absolute Gasteiger partial charge is 0.623 e. The quantitative estimate of drug-likeness (QED) is 0.429. The van der Waals surface area contributed by atoms with Crippen LogP contribution in [0.15, 0.2) is 69.1 Å². The van der Waals surface area contributed by atoms with Crippen LogP contribution in [-0.2, 0) is 24.8 Å². The molecule has 4 rings (SSSR count). The van der Waals surface area contributed by atoms with Gasteiger partial charge in [0.2, 0.25) is 10.0 Å². The number of anilines is 1. The molecule has 2 aromatic carbocycles. The SMILES string of the molecule is O=C([N-]c1ccc(S(=O)(=O)N2CCOCC2)cc1)c1cc(Cl)ccc1NS(=O)(=O)c1cccs1.[Na+]. The molecule has 1 aliphatic heterocycles. The molecule has 2 heterocycles. The molecule has 1 aliphatic rings. The summed E-state index contributed by atoms with van der Waals surface area (Å²) in [6.07, 6.45) is 0. The van der Waals surface area contributed by atoms with Crippen LogP contribution in [0, 0.1) is 0 Å². The number of carbonyl (C=O) groups excluding carboxylic acids is 1. The predicted octanol–water partition coefficient (Wildman–Crippen LogP) is 1.07. The Morgan fingerprint density at radius 2 is 1.71 bits per heavy atom. The normalized spacial score (nSPS) is 14.7. The molecule has 1 fully saturated rings. The van der Waals surface area contributed by atoms with Crippen molar-refractivity contribution in [3.63, 3.8) is 0 Å². The van der Waals surface area contributed by atoms with E-state index in [0.717, 1.165) is 11.3 Å². The Hall–Kier alpha value is -1.48. The van der Waals surface area contributed by atoms with Crippen molar-refractivity contribution < 1.29 is 55.9 Å². The molecule has 180 valence electrons. The molecule has 35 heavy (non-hydrogen) atoms. The Balaban J connectivity index is 0.00000342. The fourth-order valence-electron chi connectivity index (χ4n) is 3.20. The maximum Gasteiger partial charge on any atom is 1.00 e. The molecule has 1 N–H and O–H groups in total. The summed E-state index contributed by atoms with van der Waals surface area (Å²) in [7, 11) is -7.57. The second-order valence-corrected chi connectivity index (χ2v) is 12.4. The molecule has 9 nitrogen and oxygen atoms in total. The van der Waals surface area contributed by atoms with E-state index in [9.17, 15) is 21.6 Å². The third kappa shape index (κ3) is 6.64. The standard InChI is InChI=1S/C21H20ClN3O6S3.Na/c22-15-3-8-19(24-33(27,28)20-2-1-13-32-20)18(14-15)21(26)23-16-4-6-17(7-5-16)34(29,30)25-9-11-31-12-10-25;/h1-8,13-14H,9-12H2,(H2,23,24,26);/q;+1/p-1. The monoisotopic (exact) mass is 563 g/mol. The minimum Gasteiger partial charge on any atom is -0.623 e. The van der Waals surface area contributed by atoms with Gasteiger partial charge in [-0.3, -0.25) is 4.72 Å². The summed E-state index contributed by atoms with van der Waals surface area (Å²) in [5.41, 5.74) is 0.189. The number of hydrogen-bond donors (Lipinski definition) is 1. The summed E-state index contributed by atoms with van der Waals surface area (Å²) < 4.78 is 59.7. The molecule has 0 bridgehead atoms. The van der Waals surface area contributed by atoms with E-state index in [1.54, 1.807) is 11.4 Å². The van der Waals surface area contributed by atoms with Crippen LogP contribution in [0.1, 0.15) is 10.4 Å². The van der Waals surface area contributed by atoms with Crippen molar-refractivity contribution in [3.8, 4) is 0 Å². The zero-order valence-corrected chi connectivity index (χ0v) is 23.8. The van der Waals surface area contributed by atoms with Crippen LogP contribution >= 0.6 is 22.9 Å². The van der Waals surface area contributed by atoms with Crippen LogP contribution in [0.3, 0.4) is 0 Å². The Morgan fingerprint density at radius 3 is 2.34 bits per heavy atom. The zero-order valence-electron chi connectivity index (χ0n) is 18.5. The van der Waals surface area contributed by atoms with Gasteiger partial charge in [0.25, 0.3) is 10.0 Å². The third-order valence-corrected chi connectivity index (χ3v) is 9.80. The number of nitrogens with one attached hydrogen (secondary N) is 1. The van der Waals surface area contributed by atoms with Crippen molar-refractivity contribution in [2.24, 2.45) is 0 Å². The van der Waals surface area contributed by atoms with Gasteiger partial charge in [0.1, 0.15) is 4.21 Å². The number of thiophene rings is 1. The van der Waals surface area contributed by atoms with Gasteiger partial charge in [-0.25, -0.2) is 16.8 Å². The Morgan fingerprint density at radius 1 is 1.03 bits per heavy atom. The van der Waals surface area contributed by atoms with Crippen molar-refractivity contribution in [2.75, 3.05) is 31.0 Å². The first-order valence-corrected chi connectivity index (χ1v) is 14.1. The van der Waals surface area contributed by atoms with Gasteiger partial charge in [-0.05, 0) is 41.8 Å². The van der Waals surface area contributed by atoms with Crippen LogP contribution in [0.2, 0.25) is 5.02 Å². The number of rotatable bonds is 7. The van der Waals surface area contributed by atoms with Crippen molar-refractivity contribution in [2.45, 2.75) is 9.10 Å². The fourth-order valence-corrected chi connectivity index (χ4v) is 6.85. The van der Waals surface area contributed by atoms with Crippen LogP contribution in [0.4, 0.5) is 11.4 Å². The number of sulfonamides is 2. The number of halogens is 1. The molecule has 1 aromatic heterocycles. The number of hydrogen-bond acceptors (Lipinski definition) is 7. The first kappa shape index (κ1) is 28.1. The van der Waals surface area contributed by atoms with Gasteiger partial charge in [-0.1, -0.05) is 29.8 Å². The zero-order chi connectivity index (χ0) is 24.3. The van der Waals surface area contributed by atoms with Gasteiger partial charge in [0.15, 0.2) is 0 Å². The number of amides is 1. The molecule has 3 aromatic rings. The van der Waals surface area contributed by atoms with Crippen LogP contribution < -0.4 is 34.3 Å². The molecule has 1 saturated heterocycles. The van der Waals surface area contributed by atoms with Crippen molar-refractivity contribution in [1.82, 2.24) is 4.31 Å². The second kappa shape index (κ2) is 11.7. The maximum absolute atomic E-state index is 12.9. The van der Waals surface area contributed by atoms with E-state index in [1.807, 2.05) is 0 Å². The van der Waals surface area contributed by atoms with Gasteiger partial charge >= 0.3 is 29.6 Å².